The number of likely N-dealkylation sites (N-methyl/N-ethyl adjacent to an activating group) is 1. The number of aryl methyl sites for hydroxylation is 2. The predicted molar refractivity (Wildman–Crippen MR) is 197 cm³/mol. The van der Waals surface area contributed by atoms with E-state index in [1.165, 1.54) is 0 Å². The maximum Gasteiger partial charge on any atom is 0.407 e. The second-order valence-electron chi connectivity index (χ2n) is 12.5. The second-order valence-corrected chi connectivity index (χ2v) is 12.5. The third-order valence-electron chi connectivity index (χ3n) is 9.34. The summed E-state index contributed by atoms with van der Waals surface area (Å²) in [7, 11) is 1.73. The lowest BCUT2D eigenvalue weighted by atomic mass is 9.89. The molecule has 1 aliphatic heterocycles. The first-order valence-corrected chi connectivity index (χ1v) is 17.9. The van der Waals surface area contributed by atoms with Crippen molar-refractivity contribution in [2.45, 2.75) is 67.2 Å². The second kappa shape index (κ2) is 17.9. The van der Waals surface area contributed by atoms with Crippen LogP contribution in [0, 0.1) is 13.8 Å². The Morgan fingerprint density at radius 2 is 1.61 bits per heavy atom. The van der Waals surface area contributed by atoms with Gasteiger partial charge in [0.25, 0.3) is 5.91 Å². The van der Waals surface area contributed by atoms with E-state index in [2.05, 4.69) is 80.6 Å². The number of rotatable bonds is 16. The van der Waals surface area contributed by atoms with Crippen LogP contribution in [0.4, 0.5) is 10.5 Å². The molecule has 2 aromatic rings. The summed E-state index contributed by atoms with van der Waals surface area (Å²) in [5.41, 5.74) is 7.49. The first kappa shape index (κ1) is 37.4. The number of hydrogen-bond donors (Lipinski definition) is 1. The van der Waals surface area contributed by atoms with Gasteiger partial charge in [0.1, 0.15) is 31.0 Å². The highest BCUT2D eigenvalue weighted by Gasteiger charge is 2.25. The number of alkyl carbamates (subject to hydrolysis) is 1. The van der Waals surface area contributed by atoms with E-state index in [-0.39, 0.29) is 25.7 Å². The summed E-state index contributed by atoms with van der Waals surface area (Å²) >= 11 is 0. The smallest absolute Gasteiger partial charge is 0.407 e. The Hall–Kier alpha value is -4.37. The SMILES string of the molecule is CCN(CC)c1cc2oc3cc(=[N+](CC)CC)c(C)cc-3c(-c3ccccc3C(=O)N(C)CCOC(=O)NCCCCCC[O-])c2cc1C. The van der Waals surface area contributed by atoms with Gasteiger partial charge in [-0.15, -0.1) is 6.61 Å². The lowest BCUT2D eigenvalue weighted by molar-refractivity contribution is -0.368. The number of unbranched alkanes of at least 4 members (excludes halogenated alkanes) is 3. The van der Waals surface area contributed by atoms with Crippen molar-refractivity contribution in [3.05, 3.63) is 70.6 Å². The molecule has 0 saturated carbocycles. The van der Waals surface area contributed by atoms with Crippen LogP contribution in [0.2, 0.25) is 0 Å². The van der Waals surface area contributed by atoms with Gasteiger partial charge in [0.15, 0.2) is 0 Å². The molecule has 0 bridgehead atoms. The van der Waals surface area contributed by atoms with Gasteiger partial charge in [-0.2, -0.15) is 0 Å². The fourth-order valence-corrected chi connectivity index (χ4v) is 6.57. The van der Waals surface area contributed by atoms with Crippen molar-refractivity contribution in [1.82, 2.24) is 14.8 Å². The molecule has 9 heteroatoms. The van der Waals surface area contributed by atoms with Crippen LogP contribution < -0.4 is 25.3 Å². The molecule has 0 unspecified atom stereocenters. The number of carbonyl (C=O) groups excluding carboxylic acids is 2. The highest BCUT2D eigenvalue weighted by atomic mass is 16.5. The van der Waals surface area contributed by atoms with Crippen LogP contribution in [0.1, 0.15) is 74.9 Å². The lowest BCUT2D eigenvalue weighted by Gasteiger charge is -2.25. The van der Waals surface area contributed by atoms with Crippen molar-refractivity contribution in [2.24, 2.45) is 0 Å². The molecule has 0 radical (unpaired) electrons. The summed E-state index contributed by atoms with van der Waals surface area (Å²) in [6.45, 7) is 17.2. The molecule has 0 saturated heterocycles. The molecule has 1 N–H and O–H groups in total. The van der Waals surface area contributed by atoms with Gasteiger partial charge < -0.3 is 29.4 Å². The number of nitrogens with zero attached hydrogens (tertiary/aromatic N) is 3. The average molecular weight is 671 g/mol. The van der Waals surface area contributed by atoms with Crippen molar-refractivity contribution in [3.63, 3.8) is 0 Å². The predicted octanol–water partition coefficient (Wildman–Crippen LogP) is 6.20. The standard InChI is InChI=1S/C40H54N4O5/c1-8-43(9-2)34-26-36-32(24-28(34)5)38(33-25-29(6)35(27-37(33)49-36)44(10-3)11-4)30-18-14-15-19-31(30)39(46)42(7)21-23-48-40(47)41-20-16-12-13-17-22-45/h14-15,18-19,24-27H,8-13,16-17,20-23H2,1-7H3,(H,41,47). The minimum atomic E-state index is -0.505. The van der Waals surface area contributed by atoms with Crippen molar-refractivity contribution in [3.8, 4) is 22.5 Å². The molecule has 2 aliphatic rings. The third-order valence-corrected chi connectivity index (χ3v) is 9.34. The fraction of sp³-hybridized carbons (Fsp3) is 0.475. The molecule has 49 heavy (non-hydrogen) atoms. The molecular formula is C40H54N4O5. The normalized spacial score (nSPS) is 11.2. The summed E-state index contributed by atoms with van der Waals surface area (Å²) in [4.78, 5) is 30.2. The molecule has 264 valence electrons. The van der Waals surface area contributed by atoms with Gasteiger partial charge in [-0.25, -0.2) is 9.37 Å². The molecule has 9 nitrogen and oxygen atoms in total. The van der Waals surface area contributed by atoms with Gasteiger partial charge >= 0.3 is 6.09 Å². The van der Waals surface area contributed by atoms with E-state index in [4.69, 9.17) is 9.15 Å². The number of hydrogen-bond acceptors (Lipinski definition) is 6. The van der Waals surface area contributed by atoms with Crippen molar-refractivity contribution in [1.29, 1.82) is 0 Å². The molecule has 4 rings (SSSR count). The number of fused-ring (bicyclic) bond motifs is 2. The van der Waals surface area contributed by atoms with Gasteiger partial charge in [0.05, 0.1) is 12.6 Å². The van der Waals surface area contributed by atoms with E-state index in [0.29, 0.717) is 18.5 Å². The van der Waals surface area contributed by atoms with Crippen LogP contribution in [0.5, 0.6) is 0 Å². The van der Waals surface area contributed by atoms with Crippen LogP contribution in [-0.4, -0.2) is 76.4 Å². The van der Waals surface area contributed by atoms with Crippen LogP contribution >= 0.6 is 0 Å². The van der Waals surface area contributed by atoms with E-state index in [1.807, 2.05) is 24.3 Å². The Kier molecular flexibility index (Phi) is 13.6. The zero-order chi connectivity index (χ0) is 35.5. The zero-order valence-corrected chi connectivity index (χ0v) is 30.5. The number of nitrogens with one attached hydrogen (secondary N) is 1. The maximum absolute atomic E-state index is 14.1. The summed E-state index contributed by atoms with van der Waals surface area (Å²) < 4.78 is 14.4. The van der Waals surface area contributed by atoms with Crippen LogP contribution in [0.15, 0.2) is 52.9 Å². The van der Waals surface area contributed by atoms with Gasteiger partial charge in [-0.3, -0.25) is 4.79 Å². The molecular weight excluding hydrogens is 616 g/mol. The molecule has 0 atom stereocenters. The summed E-state index contributed by atoms with van der Waals surface area (Å²) in [5.74, 6) is 0.609. The molecule has 0 spiro atoms. The largest absolute Gasteiger partial charge is 0.854 e. The molecule has 2 aromatic carbocycles. The maximum atomic E-state index is 14.1. The van der Waals surface area contributed by atoms with E-state index in [0.717, 1.165) is 101 Å². The summed E-state index contributed by atoms with van der Waals surface area (Å²) in [5, 5.41) is 15.4. The van der Waals surface area contributed by atoms with E-state index < -0.39 is 6.09 Å². The monoisotopic (exact) mass is 670 g/mol. The number of ether oxygens (including phenoxy) is 1. The number of amides is 2. The molecule has 1 aliphatic carbocycles. The van der Waals surface area contributed by atoms with Crippen molar-refractivity contribution >= 4 is 28.7 Å². The Labute approximate surface area is 291 Å². The zero-order valence-electron chi connectivity index (χ0n) is 30.5. The van der Waals surface area contributed by atoms with E-state index >= 15 is 0 Å². The Morgan fingerprint density at radius 3 is 2.31 bits per heavy atom. The number of carbonyl (C=O) groups is 2. The molecule has 1 heterocycles. The molecule has 0 fully saturated rings. The van der Waals surface area contributed by atoms with Crippen LogP contribution in [0.3, 0.4) is 0 Å². The first-order valence-electron chi connectivity index (χ1n) is 17.9. The Morgan fingerprint density at radius 1 is 0.898 bits per heavy atom. The van der Waals surface area contributed by atoms with Gasteiger partial charge in [-0.05, 0) is 77.3 Å². The van der Waals surface area contributed by atoms with Gasteiger partial charge in [-0.1, -0.05) is 37.5 Å². The van der Waals surface area contributed by atoms with Crippen LogP contribution in [-0.2, 0) is 4.74 Å². The fourth-order valence-electron chi connectivity index (χ4n) is 6.57. The Bertz CT molecular complexity index is 1770. The topological polar surface area (TPSA) is 101 Å². The van der Waals surface area contributed by atoms with Gasteiger partial charge in [0, 0.05) is 66.1 Å². The van der Waals surface area contributed by atoms with Gasteiger partial charge in [0.2, 0.25) is 5.36 Å². The van der Waals surface area contributed by atoms with E-state index in [1.54, 1.807) is 11.9 Å². The first-order chi connectivity index (χ1) is 23.7. The highest BCUT2D eigenvalue weighted by molar-refractivity contribution is 6.09. The molecule has 2 amide bonds. The minimum Gasteiger partial charge on any atom is -0.854 e. The van der Waals surface area contributed by atoms with Crippen molar-refractivity contribution in [2.75, 3.05) is 64.4 Å². The highest BCUT2D eigenvalue weighted by Crippen LogP contribution is 2.43. The molecule has 0 aromatic heterocycles. The third kappa shape index (κ3) is 8.81. The Balaban J connectivity index is 1.74. The summed E-state index contributed by atoms with van der Waals surface area (Å²) in [6.07, 6.45) is 2.72. The van der Waals surface area contributed by atoms with Crippen LogP contribution in [0.25, 0.3) is 33.4 Å². The van der Waals surface area contributed by atoms with E-state index in [9.17, 15) is 14.7 Å². The number of anilines is 1. The quantitative estimate of drug-likeness (QED) is 0.0866. The van der Waals surface area contributed by atoms with Crippen molar-refractivity contribution < 1.29 is 23.8 Å². The average Bonchev–Trinajstić information content (AvgIpc) is 3.10. The minimum absolute atomic E-state index is 0.0601. The summed E-state index contributed by atoms with van der Waals surface area (Å²) in [6, 6.07) is 16.4. The lowest BCUT2D eigenvalue weighted by Crippen LogP contribution is -2.33. The number of benzene rings is 3.